The Morgan fingerprint density at radius 2 is 2.19 bits per heavy atom. The van der Waals surface area contributed by atoms with E-state index < -0.39 is 5.60 Å². The fourth-order valence-electron chi connectivity index (χ4n) is 1.66. The lowest BCUT2D eigenvalue weighted by atomic mass is 10.2. The second-order valence-electron chi connectivity index (χ2n) is 4.94. The minimum Gasteiger partial charge on any atom is -0.444 e. The fourth-order valence-corrected chi connectivity index (χ4v) is 1.66. The van der Waals surface area contributed by atoms with Gasteiger partial charge in [0, 0.05) is 25.5 Å². The van der Waals surface area contributed by atoms with E-state index in [9.17, 15) is 4.79 Å². The molecule has 0 saturated heterocycles. The van der Waals surface area contributed by atoms with Crippen LogP contribution in [-0.2, 0) is 17.8 Å². The molecule has 1 aliphatic rings. The fraction of sp³-hybridized carbons (Fsp3) is 0.636. The summed E-state index contributed by atoms with van der Waals surface area (Å²) in [6.07, 6.45) is 3.43. The maximum Gasteiger partial charge on any atom is 0.410 e. The van der Waals surface area contributed by atoms with Crippen molar-refractivity contribution in [3.63, 3.8) is 0 Å². The summed E-state index contributed by atoms with van der Waals surface area (Å²) in [4.78, 5) is 17.7. The first-order valence-electron chi connectivity index (χ1n) is 5.44. The van der Waals surface area contributed by atoms with Gasteiger partial charge in [0.15, 0.2) is 0 Å². The van der Waals surface area contributed by atoms with Crippen molar-refractivity contribution < 1.29 is 9.53 Å². The molecule has 0 fully saturated rings. The molecule has 0 unspecified atom stereocenters. The third-order valence-corrected chi connectivity index (χ3v) is 2.40. The van der Waals surface area contributed by atoms with Gasteiger partial charge in [-0.2, -0.15) is 0 Å². The third-order valence-electron chi connectivity index (χ3n) is 2.40. The second kappa shape index (κ2) is 3.81. The molecular weight excluding hydrogens is 206 g/mol. The minimum absolute atomic E-state index is 0.262. The topological polar surface area (TPSA) is 47.4 Å². The number of hydrogen-bond donors (Lipinski definition) is 0. The van der Waals surface area contributed by atoms with E-state index in [1.165, 1.54) is 0 Å². The monoisotopic (exact) mass is 223 g/mol. The maximum absolute atomic E-state index is 11.8. The molecular formula is C11H17N3O2. The number of hydrogen-bond acceptors (Lipinski definition) is 3. The molecule has 5 nitrogen and oxygen atoms in total. The average molecular weight is 223 g/mol. The summed E-state index contributed by atoms with van der Waals surface area (Å²) in [6.45, 7) is 7.61. The summed E-state index contributed by atoms with van der Waals surface area (Å²) in [5.41, 5.74) is -0.441. The van der Waals surface area contributed by atoms with Crippen LogP contribution in [0.1, 0.15) is 26.6 Å². The lowest BCUT2D eigenvalue weighted by molar-refractivity contribution is 0.0195. The highest BCUT2D eigenvalue weighted by molar-refractivity contribution is 5.68. The van der Waals surface area contributed by atoms with Crippen LogP contribution in [-0.4, -0.2) is 32.7 Å². The predicted octanol–water partition coefficient (Wildman–Crippen LogP) is 1.63. The van der Waals surface area contributed by atoms with E-state index >= 15 is 0 Å². The second-order valence-corrected chi connectivity index (χ2v) is 4.94. The van der Waals surface area contributed by atoms with Gasteiger partial charge in [-0.05, 0) is 20.8 Å². The highest BCUT2D eigenvalue weighted by Crippen LogP contribution is 2.15. The number of imidazole rings is 1. The van der Waals surface area contributed by atoms with Crippen LogP contribution in [0.4, 0.5) is 4.79 Å². The van der Waals surface area contributed by atoms with Crippen molar-refractivity contribution in [2.75, 3.05) is 6.54 Å². The van der Waals surface area contributed by atoms with Crippen molar-refractivity contribution in [1.29, 1.82) is 0 Å². The van der Waals surface area contributed by atoms with E-state index in [1.807, 2.05) is 27.0 Å². The zero-order chi connectivity index (χ0) is 11.8. The van der Waals surface area contributed by atoms with E-state index in [0.29, 0.717) is 13.1 Å². The van der Waals surface area contributed by atoms with E-state index in [2.05, 4.69) is 9.55 Å². The molecule has 2 heterocycles. The molecule has 1 amide bonds. The summed E-state index contributed by atoms with van der Waals surface area (Å²) < 4.78 is 7.38. The molecule has 0 N–H and O–H groups in total. The molecule has 0 aromatic carbocycles. The molecule has 16 heavy (non-hydrogen) atoms. The lowest BCUT2D eigenvalue weighted by Crippen LogP contribution is -2.41. The highest BCUT2D eigenvalue weighted by atomic mass is 16.6. The number of aromatic nitrogens is 2. The molecule has 0 aliphatic carbocycles. The SMILES string of the molecule is CC(C)(C)OC(=O)N1CCn2ccnc2C1. The first-order chi connectivity index (χ1) is 7.46. The van der Waals surface area contributed by atoms with Crippen molar-refractivity contribution in [2.45, 2.75) is 39.5 Å². The smallest absolute Gasteiger partial charge is 0.410 e. The normalized spacial score (nSPS) is 15.8. The standard InChI is InChI=1S/C11H17N3O2/c1-11(2,3)16-10(15)14-7-6-13-5-4-12-9(13)8-14/h4-5H,6-8H2,1-3H3. The van der Waals surface area contributed by atoms with E-state index in [0.717, 1.165) is 12.4 Å². The Hall–Kier alpha value is -1.52. The van der Waals surface area contributed by atoms with Crippen molar-refractivity contribution in [2.24, 2.45) is 0 Å². The van der Waals surface area contributed by atoms with E-state index in [-0.39, 0.29) is 6.09 Å². The van der Waals surface area contributed by atoms with Crippen molar-refractivity contribution in [1.82, 2.24) is 14.5 Å². The molecule has 0 radical (unpaired) electrons. The summed E-state index contributed by atoms with van der Waals surface area (Å²) in [5, 5.41) is 0. The Morgan fingerprint density at radius 1 is 1.44 bits per heavy atom. The predicted molar refractivity (Wildman–Crippen MR) is 58.9 cm³/mol. The summed E-state index contributed by atoms with van der Waals surface area (Å²) in [5.74, 6) is 0.914. The van der Waals surface area contributed by atoms with E-state index in [1.54, 1.807) is 11.1 Å². The molecule has 5 heteroatoms. The van der Waals surface area contributed by atoms with E-state index in [4.69, 9.17) is 4.74 Å². The van der Waals surface area contributed by atoms with Crippen LogP contribution in [0.2, 0.25) is 0 Å². The molecule has 1 aliphatic heterocycles. The van der Waals surface area contributed by atoms with Crippen LogP contribution in [0, 0.1) is 0 Å². The van der Waals surface area contributed by atoms with Gasteiger partial charge >= 0.3 is 6.09 Å². The minimum atomic E-state index is -0.441. The Labute approximate surface area is 95.0 Å². The van der Waals surface area contributed by atoms with Crippen LogP contribution in [0.25, 0.3) is 0 Å². The number of nitrogens with zero attached hydrogens (tertiary/aromatic N) is 3. The van der Waals surface area contributed by atoms with Crippen LogP contribution in [0.5, 0.6) is 0 Å². The largest absolute Gasteiger partial charge is 0.444 e. The number of rotatable bonds is 0. The quantitative estimate of drug-likeness (QED) is 0.671. The van der Waals surface area contributed by atoms with Gasteiger partial charge in [0.2, 0.25) is 0 Å². The van der Waals surface area contributed by atoms with Gasteiger partial charge in [0.25, 0.3) is 0 Å². The van der Waals surface area contributed by atoms with Crippen LogP contribution < -0.4 is 0 Å². The third kappa shape index (κ3) is 2.35. The molecule has 1 aromatic heterocycles. The molecule has 0 atom stereocenters. The number of carbonyl (C=O) groups is 1. The van der Waals surface area contributed by atoms with Crippen molar-refractivity contribution in [3.05, 3.63) is 18.2 Å². The van der Waals surface area contributed by atoms with Gasteiger partial charge in [-0.1, -0.05) is 0 Å². The van der Waals surface area contributed by atoms with Gasteiger partial charge < -0.3 is 9.30 Å². The summed E-state index contributed by atoms with van der Waals surface area (Å²) in [7, 11) is 0. The molecule has 0 saturated carbocycles. The Balaban J connectivity index is 2.01. The Bertz CT molecular complexity index is 392. The lowest BCUT2D eigenvalue weighted by Gasteiger charge is -2.30. The van der Waals surface area contributed by atoms with Crippen LogP contribution in [0.3, 0.4) is 0 Å². The van der Waals surface area contributed by atoms with Gasteiger partial charge in [0.05, 0.1) is 6.54 Å². The van der Waals surface area contributed by atoms with Gasteiger partial charge in [0.1, 0.15) is 11.4 Å². The number of fused-ring (bicyclic) bond motifs is 1. The van der Waals surface area contributed by atoms with Crippen molar-refractivity contribution >= 4 is 6.09 Å². The van der Waals surface area contributed by atoms with Gasteiger partial charge in [-0.3, -0.25) is 4.90 Å². The van der Waals surface area contributed by atoms with Crippen LogP contribution >= 0.6 is 0 Å². The van der Waals surface area contributed by atoms with Crippen molar-refractivity contribution in [3.8, 4) is 0 Å². The molecule has 0 bridgehead atoms. The molecule has 0 spiro atoms. The molecule has 2 rings (SSSR count). The Morgan fingerprint density at radius 3 is 2.88 bits per heavy atom. The number of amides is 1. The maximum atomic E-state index is 11.8. The molecule has 88 valence electrons. The number of carbonyl (C=O) groups excluding carboxylic acids is 1. The summed E-state index contributed by atoms with van der Waals surface area (Å²) in [6, 6.07) is 0. The Kier molecular flexibility index (Phi) is 2.61. The van der Waals surface area contributed by atoms with Crippen LogP contribution in [0.15, 0.2) is 12.4 Å². The first-order valence-corrected chi connectivity index (χ1v) is 5.44. The average Bonchev–Trinajstić information content (AvgIpc) is 2.61. The first kappa shape index (κ1) is 11.0. The van der Waals surface area contributed by atoms with Gasteiger partial charge in [-0.15, -0.1) is 0 Å². The number of ether oxygens (including phenoxy) is 1. The summed E-state index contributed by atoms with van der Waals surface area (Å²) >= 11 is 0. The van der Waals surface area contributed by atoms with Gasteiger partial charge in [-0.25, -0.2) is 9.78 Å². The molecule has 1 aromatic rings. The highest BCUT2D eigenvalue weighted by Gasteiger charge is 2.25. The zero-order valence-electron chi connectivity index (χ0n) is 9.93. The zero-order valence-corrected chi connectivity index (χ0v) is 9.93.